The molecule has 0 saturated carbocycles. The lowest BCUT2D eigenvalue weighted by atomic mass is 9.98. The maximum atomic E-state index is 6.48. The Balaban J connectivity index is 1.71. The molecule has 3 heterocycles. The molecular weight excluding hydrogens is 451 g/mol. The Labute approximate surface area is 185 Å². The quantitative estimate of drug-likeness (QED) is 0.284. The van der Waals surface area contributed by atoms with E-state index in [1.54, 1.807) is 11.3 Å². The van der Waals surface area contributed by atoms with Crippen molar-refractivity contribution in [1.29, 1.82) is 0 Å². The first-order chi connectivity index (χ1) is 13.6. The highest BCUT2D eigenvalue weighted by Crippen LogP contribution is 2.56. The van der Waals surface area contributed by atoms with Crippen LogP contribution in [-0.2, 0) is 6.42 Å². The third-order valence-corrected chi connectivity index (χ3v) is 8.53. The summed E-state index contributed by atoms with van der Waals surface area (Å²) in [7, 11) is 0. The molecule has 0 aliphatic carbocycles. The molecule has 0 amide bonds. The van der Waals surface area contributed by atoms with Crippen LogP contribution in [0.15, 0.2) is 54.9 Å². The lowest BCUT2D eigenvalue weighted by molar-refractivity contribution is 0.894. The molecule has 2 nitrogen and oxygen atoms in total. The summed E-state index contributed by atoms with van der Waals surface area (Å²) in [6.45, 7) is 0. The lowest BCUT2D eigenvalue weighted by Gasteiger charge is -2.30. The van der Waals surface area contributed by atoms with Crippen molar-refractivity contribution >= 4 is 68.1 Å². The van der Waals surface area contributed by atoms with E-state index in [0.717, 1.165) is 26.7 Å². The number of nitrogens with zero attached hydrogens (tertiary/aromatic N) is 2. The summed E-state index contributed by atoms with van der Waals surface area (Å²) in [5.74, 6) is 0. The molecule has 5 rings (SSSR count). The van der Waals surface area contributed by atoms with Crippen molar-refractivity contribution in [2.75, 3.05) is 0 Å². The van der Waals surface area contributed by atoms with Crippen LogP contribution >= 0.6 is 57.9 Å². The SMILES string of the molecule is Clc1cccc(C2Cc3c(sc4ncnc(Cl)c34)C(c3cccc(Cl)c3)S2)c1. The van der Waals surface area contributed by atoms with Crippen LogP contribution in [0.1, 0.15) is 32.1 Å². The molecule has 2 aromatic carbocycles. The van der Waals surface area contributed by atoms with E-state index in [1.807, 2.05) is 48.2 Å². The molecule has 1 aliphatic rings. The van der Waals surface area contributed by atoms with Gasteiger partial charge in [-0.05, 0) is 47.4 Å². The van der Waals surface area contributed by atoms with Crippen LogP contribution in [0, 0.1) is 0 Å². The number of fused-ring (bicyclic) bond motifs is 3. The maximum absolute atomic E-state index is 6.48. The Hall–Kier alpha value is -1.30. The van der Waals surface area contributed by atoms with E-state index >= 15 is 0 Å². The normalized spacial score (nSPS) is 19.0. The maximum Gasteiger partial charge on any atom is 0.141 e. The predicted octanol–water partition coefficient (Wildman–Crippen LogP) is 7.77. The first kappa shape index (κ1) is 18.7. The Morgan fingerprint density at radius 1 is 0.893 bits per heavy atom. The highest BCUT2D eigenvalue weighted by molar-refractivity contribution is 8.00. The van der Waals surface area contributed by atoms with Crippen molar-refractivity contribution in [1.82, 2.24) is 9.97 Å². The van der Waals surface area contributed by atoms with Gasteiger partial charge in [0.2, 0.25) is 0 Å². The Bertz CT molecular complexity index is 1190. The average molecular weight is 464 g/mol. The van der Waals surface area contributed by atoms with Gasteiger partial charge >= 0.3 is 0 Å². The molecule has 28 heavy (non-hydrogen) atoms. The largest absolute Gasteiger partial charge is 0.225 e. The molecule has 2 aromatic heterocycles. The van der Waals surface area contributed by atoms with E-state index in [2.05, 4.69) is 22.1 Å². The van der Waals surface area contributed by atoms with Gasteiger partial charge in [-0.15, -0.1) is 23.1 Å². The molecule has 0 saturated heterocycles. The minimum absolute atomic E-state index is 0.154. The zero-order valence-corrected chi connectivity index (χ0v) is 18.3. The fourth-order valence-corrected chi connectivity index (χ4v) is 7.30. The van der Waals surface area contributed by atoms with Gasteiger partial charge in [0.15, 0.2) is 0 Å². The molecule has 140 valence electrons. The van der Waals surface area contributed by atoms with Crippen LogP contribution in [0.3, 0.4) is 0 Å². The number of halogens is 3. The molecular formula is C21H13Cl3N2S2. The number of hydrogen-bond acceptors (Lipinski definition) is 4. The predicted molar refractivity (Wildman–Crippen MR) is 121 cm³/mol. The van der Waals surface area contributed by atoms with Crippen LogP contribution in [-0.4, -0.2) is 9.97 Å². The van der Waals surface area contributed by atoms with Gasteiger partial charge in [-0.3, -0.25) is 0 Å². The van der Waals surface area contributed by atoms with Gasteiger partial charge in [-0.1, -0.05) is 59.1 Å². The second-order valence-electron chi connectivity index (χ2n) is 6.61. The summed E-state index contributed by atoms with van der Waals surface area (Å²) in [5, 5.41) is 3.39. The summed E-state index contributed by atoms with van der Waals surface area (Å²) in [6, 6.07) is 16.2. The Morgan fingerprint density at radius 2 is 1.61 bits per heavy atom. The average Bonchev–Trinajstić information content (AvgIpc) is 3.07. The van der Waals surface area contributed by atoms with Gasteiger partial charge in [-0.2, -0.15) is 0 Å². The molecule has 0 spiro atoms. The van der Waals surface area contributed by atoms with Gasteiger partial charge in [-0.25, -0.2) is 9.97 Å². The number of thiophene rings is 1. The third kappa shape index (κ3) is 3.31. The topological polar surface area (TPSA) is 25.8 Å². The minimum Gasteiger partial charge on any atom is -0.225 e. The molecule has 1 aliphatic heterocycles. The monoisotopic (exact) mass is 462 g/mol. The summed E-state index contributed by atoms with van der Waals surface area (Å²) in [6.07, 6.45) is 2.40. The van der Waals surface area contributed by atoms with Crippen LogP contribution in [0.2, 0.25) is 15.2 Å². The molecule has 2 unspecified atom stereocenters. The molecule has 0 fully saturated rings. The summed E-state index contributed by atoms with van der Waals surface area (Å²) >= 11 is 22.7. The number of benzene rings is 2. The number of rotatable bonds is 2. The smallest absolute Gasteiger partial charge is 0.141 e. The standard InChI is InChI=1S/C21H13Cl3N2S2/c22-13-5-1-3-11(7-13)16-9-15-17-20(24)25-10-26-21(17)28-19(15)18(27-16)12-4-2-6-14(23)8-12/h1-8,10,16,18H,9H2. The number of hydrogen-bond donors (Lipinski definition) is 0. The van der Waals surface area contributed by atoms with Gasteiger partial charge < -0.3 is 0 Å². The van der Waals surface area contributed by atoms with E-state index in [1.165, 1.54) is 27.9 Å². The summed E-state index contributed by atoms with van der Waals surface area (Å²) in [4.78, 5) is 10.9. The summed E-state index contributed by atoms with van der Waals surface area (Å²) in [5.41, 5.74) is 3.63. The van der Waals surface area contributed by atoms with Crippen LogP contribution in [0.5, 0.6) is 0 Å². The van der Waals surface area contributed by atoms with E-state index in [-0.39, 0.29) is 10.5 Å². The first-order valence-corrected chi connectivity index (χ1v) is 11.6. The highest BCUT2D eigenvalue weighted by atomic mass is 35.5. The van der Waals surface area contributed by atoms with Crippen LogP contribution in [0.4, 0.5) is 0 Å². The van der Waals surface area contributed by atoms with Crippen molar-refractivity contribution in [3.8, 4) is 0 Å². The van der Waals surface area contributed by atoms with E-state index in [9.17, 15) is 0 Å². The van der Waals surface area contributed by atoms with Gasteiger partial charge in [0, 0.05) is 20.2 Å². The second kappa shape index (κ2) is 7.51. The van der Waals surface area contributed by atoms with E-state index in [0.29, 0.717) is 5.15 Å². The summed E-state index contributed by atoms with van der Waals surface area (Å²) < 4.78 is 0. The second-order valence-corrected chi connectivity index (χ2v) is 10.2. The van der Waals surface area contributed by atoms with Crippen LogP contribution < -0.4 is 0 Å². The van der Waals surface area contributed by atoms with Crippen molar-refractivity contribution in [2.24, 2.45) is 0 Å². The number of thioether (sulfide) groups is 1. The van der Waals surface area contributed by atoms with E-state index < -0.39 is 0 Å². The van der Waals surface area contributed by atoms with Crippen molar-refractivity contribution < 1.29 is 0 Å². The zero-order valence-electron chi connectivity index (χ0n) is 14.4. The molecule has 0 N–H and O–H groups in total. The van der Waals surface area contributed by atoms with Crippen molar-refractivity contribution in [3.05, 3.63) is 91.6 Å². The molecule has 4 aromatic rings. The first-order valence-electron chi connectivity index (χ1n) is 8.68. The van der Waals surface area contributed by atoms with Crippen molar-refractivity contribution in [2.45, 2.75) is 16.9 Å². The Kier molecular flexibility index (Phi) is 5.02. The molecule has 0 radical (unpaired) electrons. The molecule has 2 atom stereocenters. The number of aromatic nitrogens is 2. The molecule has 7 heteroatoms. The molecule has 0 bridgehead atoms. The minimum atomic E-state index is 0.154. The fraction of sp³-hybridized carbons (Fsp3) is 0.143. The highest BCUT2D eigenvalue weighted by Gasteiger charge is 2.34. The van der Waals surface area contributed by atoms with Gasteiger partial charge in [0.25, 0.3) is 0 Å². The van der Waals surface area contributed by atoms with Crippen LogP contribution in [0.25, 0.3) is 10.2 Å². The van der Waals surface area contributed by atoms with Gasteiger partial charge in [0.05, 0.1) is 10.6 Å². The van der Waals surface area contributed by atoms with Gasteiger partial charge in [0.1, 0.15) is 16.3 Å². The third-order valence-electron chi connectivity index (χ3n) is 4.87. The fourth-order valence-electron chi connectivity index (χ4n) is 3.65. The zero-order chi connectivity index (χ0) is 19.3. The van der Waals surface area contributed by atoms with Crippen molar-refractivity contribution in [3.63, 3.8) is 0 Å². The van der Waals surface area contributed by atoms with E-state index in [4.69, 9.17) is 34.8 Å². The lowest BCUT2D eigenvalue weighted by Crippen LogP contribution is -2.11. The Morgan fingerprint density at radius 3 is 2.36 bits per heavy atom.